The minimum atomic E-state index is 0.328. The number of hydrogen-bond donors (Lipinski definition) is 1. The average Bonchev–Trinajstić information content (AvgIpc) is 2.01. The lowest BCUT2D eigenvalue weighted by Crippen LogP contribution is -2.19. The van der Waals surface area contributed by atoms with Gasteiger partial charge in [-0.25, -0.2) is 0 Å². The van der Waals surface area contributed by atoms with Crippen LogP contribution in [0.3, 0.4) is 0 Å². The van der Waals surface area contributed by atoms with E-state index in [9.17, 15) is 0 Å². The topological polar surface area (TPSA) is 12.0 Å². The van der Waals surface area contributed by atoms with Crippen molar-refractivity contribution in [3.63, 3.8) is 0 Å². The molecule has 0 bridgehead atoms. The van der Waals surface area contributed by atoms with Crippen LogP contribution in [-0.2, 0) is 0 Å². The summed E-state index contributed by atoms with van der Waals surface area (Å²) in [4.78, 5) is 0. The van der Waals surface area contributed by atoms with Crippen LogP contribution >= 0.6 is 0 Å². The molecule has 0 heterocycles. The zero-order valence-electron chi connectivity index (χ0n) is 9.94. The summed E-state index contributed by atoms with van der Waals surface area (Å²) >= 11 is 0. The number of para-hydroxylation sites is 1. The van der Waals surface area contributed by atoms with Crippen LogP contribution in [0.15, 0.2) is 18.2 Å². The summed E-state index contributed by atoms with van der Waals surface area (Å²) in [5, 5.41) is 3.52. The highest BCUT2D eigenvalue weighted by atomic mass is 14.9. The number of benzene rings is 1. The van der Waals surface area contributed by atoms with Gasteiger partial charge < -0.3 is 5.32 Å². The minimum Gasteiger partial charge on any atom is -0.384 e. The fourth-order valence-corrected chi connectivity index (χ4v) is 1.45. The van der Waals surface area contributed by atoms with Gasteiger partial charge in [-0.3, -0.25) is 0 Å². The van der Waals surface area contributed by atoms with Gasteiger partial charge in [0.2, 0.25) is 0 Å². The standard InChI is InChI=1S/C13H21N/c1-10-7-6-8-11(2)12(10)14-9-13(3,4)5/h6-8,14H,9H2,1-5H3. The highest BCUT2D eigenvalue weighted by Gasteiger charge is 2.10. The quantitative estimate of drug-likeness (QED) is 0.750. The molecule has 0 radical (unpaired) electrons. The second-order valence-electron chi connectivity index (χ2n) is 5.18. The van der Waals surface area contributed by atoms with Crippen LogP contribution in [0.1, 0.15) is 31.9 Å². The van der Waals surface area contributed by atoms with E-state index in [1.807, 2.05) is 0 Å². The maximum Gasteiger partial charge on any atom is 0.0399 e. The van der Waals surface area contributed by atoms with Gasteiger partial charge in [-0.15, -0.1) is 0 Å². The molecule has 1 aromatic rings. The number of rotatable bonds is 2. The molecule has 0 atom stereocenters. The first kappa shape index (κ1) is 11.1. The van der Waals surface area contributed by atoms with Crippen LogP contribution in [0.4, 0.5) is 5.69 Å². The van der Waals surface area contributed by atoms with Gasteiger partial charge in [-0.2, -0.15) is 0 Å². The fraction of sp³-hybridized carbons (Fsp3) is 0.538. The molecule has 0 spiro atoms. The molecule has 0 aromatic heterocycles. The first-order chi connectivity index (χ1) is 6.40. The van der Waals surface area contributed by atoms with E-state index in [4.69, 9.17) is 0 Å². The summed E-state index contributed by atoms with van der Waals surface area (Å²) in [6.45, 7) is 12.0. The Bertz CT molecular complexity index is 287. The van der Waals surface area contributed by atoms with Gasteiger partial charge in [0.1, 0.15) is 0 Å². The van der Waals surface area contributed by atoms with E-state index in [2.05, 4.69) is 58.1 Å². The molecule has 0 aliphatic rings. The Morgan fingerprint density at radius 1 is 1.07 bits per heavy atom. The highest BCUT2D eigenvalue weighted by molar-refractivity contribution is 5.56. The molecule has 0 aliphatic carbocycles. The number of hydrogen-bond acceptors (Lipinski definition) is 1. The van der Waals surface area contributed by atoms with Crippen molar-refractivity contribution in [2.75, 3.05) is 11.9 Å². The van der Waals surface area contributed by atoms with Crippen molar-refractivity contribution in [2.45, 2.75) is 34.6 Å². The van der Waals surface area contributed by atoms with E-state index in [0.29, 0.717) is 5.41 Å². The predicted molar refractivity (Wildman–Crippen MR) is 63.9 cm³/mol. The lowest BCUT2D eigenvalue weighted by atomic mass is 9.96. The summed E-state index contributed by atoms with van der Waals surface area (Å²) in [6, 6.07) is 6.41. The van der Waals surface area contributed by atoms with Crippen LogP contribution in [0.2, 0.25) is 0 Å². The smallest absolute Gasteiger partial charge is 0.0399 e. The van der Waals surface area contributed by atoms with Crippen LogP contribution in [0, 0.1) is 19.3 Å². The molecule has 0 aliphatic heterocycles. The largest absolute Gasteiger partial charge is 0.384 e. The Labute approximate surface area is 87.5 Å². The van der Waals surface area contributed by atoms with Gasteiger partial charge in [-0.05, 0) is 30.4 Å². The Kier molecular flexibility index (Phi) is 3.20. The van der Waals surface area contributed by atoms with Crippen molar-refractivity contribution in [2.24, 2.45) is 5.41 Å². The fourth-order valence-electron chi connectivity index (χ4n) is 1.45. The SMILES string of the molecule is Cc1cccc(C)c1NCC(C)(C)C. The number of anilines is 1. The summed E-state index contributed by atoms with van der Waals surface area (Å²) in [6.07, 6.45) is 0. The van der Waals surface area contributed by atoms with Gasteiger partial charge >= 0.3 is 0 Å². The van der Waals surface area contributed by atoms with Crippen molar-refractivity contribution >= 4 is 5.69 Å². The molecule has 14 heavy (non-hydrogen) atoms. The molecule has 1 rings (SSSR count). The summed E-state index contributed by atoms with van der Waals surface area (Å²) in [5.41, 5.74) is 4.28. The normalized spacial score (nSPS) is 11.5. The molecule has 0 unspecified atom stereocenters. The Balaban J connectivity index is 2.77. The number of nitrogens with one attached hydrogen (secondary N) is 1. The third-order valence-corrected chi connectivity index (χ3v) is 2.28. The molecular formula is C13H21N. The van der Waals surface area contributed by atoms with E-state index in [1.165, 1.54) is 16.8 Å². The van der Waals surface area contributed by atoms with Gasteiger partial charge in [0.25, 0.3) is 0 Å². The first-order valence-corrected chi connectivity index (χ1v) is 5.20. The maximum absolute atomic E-state index is 3.52. The molecule has 1 N–H and O–H groups in total. The highest BCUT2D eigenvalue weighted by Crippen LogP contribution is 2.22. The molecule has 1 aromatic carbocycles. The summed E-state index contributed by atoms with van der Waals surface area (Å²) in [7, 11) is 0. The van der Waals surface area contributed by atoms with Crippen molar-refractivity contribution < 1.29 is 0 Å². The Morgan fingerprint density at radius 3 is 2.00 bits per heavy atom. The van der Waals surface area contributed by atoms with Crippen LogP contribution in [0.5, 0.6) is 0 Å². The second kappa shape index (κ2) is 4.04. The van der Waals surface area contributed by atoms with Crippen LogP contribution in [-0.4, -0.2) is 6.54 Å². The molecule has 1 nitrogen and oxygen atoms in total. The second-order valence-corrected chi connectivity index (χ2v) is 5.18. The molecule has 1 heteroatoms. The zero-order chi connectivity index (χ0) is 10.8. The van der Waals surface area contributed by atoms with E-state index < -0.39 is 0 Å². The zero-order valence-corrected chi connectivity index (χ0v) is 9.94. The van der Waals surface area contributed by atoms with Crippen LogP contribution in [0.25, 0.3) is 0 Å². The van der Waals surface area contributed by atoms with Gasteiger partial charge in [0, 0.05) is 12.2 Å². The van der Waals surface area contributed by atoms with E-state index in [1.54, 1.807) is 0 Å². The molecule has 0 amide bonds. The van der Waals surface area contributed by atoms with Crippen molar-refractivity contribution in [1.29, 1.82) is 0 Å². The molecule has 0 saturated heterocycles. The monoisotopic (exact) mass is 191 g/mol. The van der Waals surface area contributed by atoms with E-state index >= 15 is 0 Å². The summed E-state index contributed by atoms with van der Waals surface area (Å²) in [5.74, 6) is 0. The first-order valence-electron chi connectivity index (χ1n) is 5.20. The molecule has 0 fully saturated rings. The van der Waals surface area contributed by atoms with Crippen molar-refractivity contribution in [3.8, 4) is 0 Å². The predicted octanol–water partition coefficient (Wildman–Crippen LogP) is 3.76. The average molecular weight is 191 g/mol. The lowest BCUT2D eigenvalue weighted by Gasteiger charge is -2.21. The third kappa shape index (κ3) is 3.06. The Morgan fingerprint density at radius 2 is 1.57 bits per heavy atom. The van der Waals surface area contributed by atoms with Gasteiger partial charge in [-0.1, -0.05) is 39.0 Å². The third-order valence-electron chi connectivity index (χ3n) is 2.28. The molecule has 78 valence electrons. The van der Waals surface area contributed by atoms with Crippen LogP contribution < -0.4 is 5.32 Å². The van der Waals surface area contributed by atoms with Gasteiger partial charge in [0.15, 0.2) is 0 Å². The van der Waals surface area contributed by atoms with Crippen molar-refractivity contribution in [1.82, 2.24) is 0 Å². The van der Waals surface area contributed by atoms with Gasteiger partial charge in [0.05, 0.1) is 0 Å². The lowest BCUT2D eigenvalue weighted by molar-refractivity contribution is 0.443. The minimum absolute atomic E-state index is 0.328. The Hall–Kier alpha value is -0.980. The van der Waals surface area contributed by atoms with E-state index in [-0.39, 0.29) is 0 Å². The summed E-state index contributed by atoms with van der Waals surface area (Å²) < 4.78 is 0. The van der Waals surface area contributed by atoms with Crippen molar-refractivity contribution in [3.05, 3.63) is 29.3 Å². The molecule has 0 saturated carbocycles. The number of aryl methyl sites for hydroxylation is 2. The maximum atomic E-state index is 3.52. The molecular weight excluding hydrogens is 170 g/mol. The van der Waals surface area contributed by atoms with E-state index in [0.717, 1.165) is 6.54 Å².